The predicted molar refractivity (Wildman–Crippen MR) is 91.2 cm³/mol. The number of benzene rings is 2. The Labute approximate surface area is 153 Å². The highest BCUT2D eigenvalue weighted by molar-refractivity contribution is 6.35. The molecule has 0 saturated heterocycles. The first-order chi connectivity index (χ1) is 11.7. The van der Waals surface area contributed by atoms with Crippen LogP contribution < -0.4 is 5.32 Å². The lowest BCUT2D eigenvalue weighted by atomic mass is 10.1. The van der Waals surface area contributed by atoms with E-state index in [1.807, 2.05) is 0 Å². The van der Waals surface area contributed by atoms with Gasteiger partial charge in [0.25, 0.3) is 0 Å². The Morgan fingerprint density at radius 1 is 1.12 bits per heavy atom. The molecule has 0 bridgehead atoms. The molecule has 0 fully saturated rings. The third-order valence-electron chi connectivity index (χ3n) is 3.62. The zero-order chi connectivity index (χ0) is 18.7. The molecule has 0 heterocycles. The van der Waals surface area contributed by atoms with Gasteiger partial charge in [-0.25, -0.2) is 18.0 Å². The molecule has 2 rings (SSSR count). The van der Waals surface area contributed by atoms with Crippen molar-refractivity contribution >= 4 is 29.2 Å². The van der Waals surface area contributed by atoms with Crippen LogP contribution in [0.2, 0.25) is 10.0 Å². The van der Waals surface area contributed by atoms with Crippen molar-refractivity contribution in [1.82, 2.24) is 10.2 Å². The molecule has 3 nitrogen and oxygen atoms in total. The lowest BCUT2D eigenvalue weighted by Crippen LogP contribution is -2.38. The molecule has 0 aliphatic heterocycles. The van der Waals surface area contributed by atoms with E-state index in [-0.39, 0.29) is 22.2 Å². The first-order valence-electron chi connectivity index (χ1n) is 7.29. The number of nitrogens with zero attached hydrogens (tertiary/aromatic N) is 1. The molecule has 2 amide bonds. The number of hydrogen-bond donors (Lipinski definition) is 1. The van der Waals surface area contributed by atoms with E-state index >= 15 is 0 Å². The van der Waals surface area contributed by atoms with Crippen LogP contribution in [-0.2, 0) is 6.54 Å². The number of nitrogens with one attached hydrogen (secondary N) is 1. The first kappa shape index (κ1) is 19.4. The smallest absolute Gasteiger partial charge is 0.317 e. The fourth-order valence-corrected chi connectivity index (χ4v) is 2.77. The summed E-state index contributed by atoms with van der Waals surface area (Å²) in [6.07, 6.45) is 0. The molecule has 0 spiro atoms. The number of amides is 2. The summed E-state index contributed by atoms with van der Waals surface area (Å²) in [5, 5.41) is 2.73. The number of hydrogen-bond acceptors (Lipinski definition) is 1. The van der Waals surface area contributed by atoms with Crippen LogP contribution in [-0.4, -0.2) is 18.0 Å². The van der Waals surface area contributed by atoms with Gasteiger partial charge in [0.1, 0.15) is 17.5 Å². The predicted octanol–water partition coefficient (Wildman–Crippen LogP) is 5.31. The van der Waals surface area contributed by atoms with Crippen molar-refractivity contribution in [2.45, 2.75) is 19.5 Å². The quantitative estimate of drug-likeness (QED) is 0.704. The number of halogens is 5. The Bertz CT molecular complexity index is 802. The van der Waals surface area contributed by atoms with Gasteiger partial charge in [-0.15, -0.1) is 0 Å². The van der Waals surface area contributed by atoms with E-state index in [9.17, 15) is 18.0 Å². The monoisotopic (exact) mass is 390 g/mol. The maximum atomic E-state index is 13.7. The van der Waals surface area contributed by atoms with Crippen molar-refractivity contribution in [3.63, 3.8) is 0 Å². The molecule has 8 heteroatoms. The van der Waals surface area contributed by atoms with E-state index in [4.69, 9.17) is 23.2 Å². The highest BCUT2D eigenvalue weighted by atomic mass is 35.5. The summed E-state index contributed by atoms with van der Waals surface area (Å²) >= 11 is 11.7. The molecular weight excluding hydrogens is 376 g/mol. The average Bonchev–Trinajstić information content (AvgIpc) is 2.53. The summed E-state index contributed by atoms with van der Waals surface area (Å²) < 4.78 is 40.2. The van der Waals surface area contributed by atoms with Gasteiger partial charge in [-0.1, -0.05) is 29.3 Å². The van der Waals surface area contributed by atoms with Gasteiger partial charge in [-0.05, 0) is 30.7 Å². The maximum Gasteiger partial charge on any atom is 0.317 e. The normalized spacial score (nSPS) is 12.0. The summed E-state index contributed by atoms with van der Waals surface area (Å²) in [6, 6.07) is 4.41. The molecule has 0 saturated carbocycles. The molecule has 1 atom stereocenters. The van der Waals surface area contributed by atoms with Crippen LogP contribution in [0.5, 0.6) is 0 Å². The van der Waals surface area contributed by atoms with Crippen molar-refractivity contribution in [3.05, 3.63) is 69.0 Å². The maximum absolute atomic E-state index is 13.7. The Kier molecular flexibility index (Phi) is 6.19. The molecular formula is C17H15Cl2F3N2O. The largest absolute Gasteiger partial charge is 0.331 e. The second-order valence-corrected chi connectivity index (χ2v) is 6.37. The second-order valence-electron chi connectivity index (χ2n) is 5.55. The summed E-state index contributed by atoms with van der Waals surface area (Å²) in [7, 11) is 1.45. The molecule has 0 aliphatic carbocycles. The summed E-state index contributed by atoms with van der Waals surface area (Å²) in [4.78, 5) is 13.4. The van der Waals surface area contributed by atoms with Crippen LogP contribution in [0, 0.1) is 17.5 Å². The van der Waals surface area contributed by atoms with Gasteiger partial charge in [0.2, 0.25) is 0 Å². The van der Waals surface area contributed by atoms with Gasteiger partial charge in [0.15, 0.2) is 0 Å². The van der Waals surface area contributed by atoms with Crippen LogP contribution in [0.3, 0.4) is 0 Å². The minimum Gasteiger partial charge on any atom is -0.331 e. The average molecular weight is 391 g/mol. The van der Waals surface area contributed by atoms with Crippen LogP contribution in [0.1, 0.15) is 24.1 Å². The Balaban J connectivity index is 2.06. The van der Waals surface area contributed by atoms with Gasteiger partial charge in [-0.3, -0.25) is 0 Å². The fourth-order valence-electron chi connectivity index (χ4n) is 2.22. The second kappa shape index (κ2) is 7.97. The van der Waals surface area contributed by atoms with Gasteiger partial charge in [0.05, 0.1) is 11.1 Å². The molecule has 25 heavy (non-hydrogen) atoms. The van der Waals surface area contributed by atoms with E-state index < -0.39 is 29.5 Å². The Morgan fingerprint density at radius 3 is 2.44 bits per heavy atom. The standard InChI is InChI=1S/C17H15Cl2F3N2O/c1-9(12-6-16(22)14(19)7-13(12)18)23-17(25)24(2)8-10-3-4-11(20)5-15(10)21/h3-7,9H,8H2,1-2H3,(H,23,25). The highest BCUT2D eigenvalue weighted by Gasteiger charge is 2.18. The van der Waals surface area contributed by atoms with Crippen molar-refractivity contribution in [1.29, 1.82) is 0 Å². The van der Waals surface area contributed by atoms with E-state index in [0.717, 1.165) is 18.2 Å². The zero-order valence-corrected chi connectivity index (χ0v) is 14.9. The van der Waals surface area contributed by atoms with Crippen LogP contribution >= 0.6 is 23.2 Å². The molecule has 1 unspecified atom stereocenters. The van der Waals surface area contributed by atoms with E-state index in [2.05, 4.69) is 5.32 Å². The van der Waals surface area contributed by atoms with Gasteiger partial charge in [0, 0.05) is 30.2 Å². The summed E-state index contributed by atoms with van der Waals surface area (Å²) in [5.74, 6) is -2.08. The topological polar surface area (TPSA) is 32.3 Å². The molecule has 0 aromatic heterocycles. The minimum absolute atomic E-state index is 0.0621. The van der Waals surface area contributed by atoms with Crippen molar-refractivity contribution in [2.75, 3.05) is 7.05 Å². The van der Waals surface area contributed by atoms with E-state index in [1.165, 1.54) is 24.1 Å². The lowest BCUT2D eigenvalue weighted by molar-refractivity contribution is 0.203. The number of rotatable bonds is 4. The molecule has 1 N–H and O–H groups in total. The van der Waals surface area contributed by atoms with Crippen molar-refractivity contribution < 1.29 is 18.0 Å². The summed E-state index contributed by atoms with van der Waals surface area (Å²) in [6.45, 7) is 1.56. The molecule has 134 valence electrons. The van der Waals surface area contributed by atoms with Crippen molar-refractivity contribution in [2.24, 2.45) is 0 Å². The zero-order valence-electron chi connectivity index (χ0n) is 13.4. The Morgan fingerprint density at radius 2 is 1.80 bits per heavy atom. The molecule has 2 aromatic rings. The van der Waals surface area contributed by atoms with Crippen LogP contribution in [0.4, 0.5) is 18.0 Å². The summed E-state index contributed by atoms with van der Waals surface area (Å²) in [5.41, 5.74) is 0.528. The minimum atomic E-state index is -0.740. The number of carbonyl (C=O) groups excluding carboxylic acids is 1. The highest BCUT2D eigenvalue weighted by Crippen LogP contribution is 2.28. The lowest BCUT2D eigenvalue weighted by Gasteiger charge is -2.22. The number of carbonyl (C=O) groups is 1. The third kappa shape index (κ3) is 4.80. The van der Waals surface area contributed by atoms with Crippen LogP contribution in [0.15, 0.2) is 30.3 Å². The number of urea groups is 1. The molecule has 2 aromatic carbocycles. The molecule has 0 aliphatic rings. The SMILES string of the molecule is CC(NC(=O)N(C)Cc1ccc(F)cc1F)c1cc(F)c(Cl)cc1Cl. The fraction of sp³-hybridized carbons (Fsp3) is 0.235. The van der Waals surface area contributed by atoms with Gasteiger partial charge >= 0.3 is 6.03 Å². The Hall–Kier alpha value is -1.92. The van der Waals surface area contributed by atoms with Gasteiger partial charge in [-0.2, -0.15) is 0 Å². The van der Waals surface area contributed by atoms with E-state index in [1.54, 1.807) is 6.92 Å². The third-order valence-corrected chi connectivity index (χ3v) is 4.23. The van der Waals surface area contributed by atoms with Crippen molar-refractivity contribution in [3.8, 4) is 0 Å². The first-order valence-corrected chi connectivity index (χ1v) is 8.04. The van der Waals surface area contributed by atoms with E-state index in [0.29, 0.717) is 5.56 Å². The van der Waals surface area contributed by atoms with Crippen LogP contribution in [0.25, 0.3) is 0 Å². The molecule has 0 radical (unpaired) electrons. The van der Waals surface area contributed by atoms with Gasteiger partial charge < -0.3 is 10.2 Å².